The number of para-hydroxylation sites is 1. The number of hydrogen-bond acceptors (Lipinski definition) is 2. The van der Waals surface area contributed by atoms with E-state index in [-0.39, 0.29) is 5.91 Å². The van der Waals surface area contributed by atoms with Crippen LogP contribution in [0.4, 0.5) is 5.69 Å². The third kappa shape index (κ3) is 6.74. The molecule has 0 unspecified atom stereocenters. The Bertz CT molecular complexity index is 454. The summed E-state index contributed by atoms with van der Waals surface area (Å²) in [4.78, 5) is 12.3. The van der Waals surface area contributed by atoms with E-state index in [0.717, 1.165) is 18.8 Å². The highest BCUT2D eigenvalue weighted by Crippen LogP contribution is 2.32. The standard InChI is InChI=1S/C20H34N2O/c1-6-7-8-13-21-14-12-19(23)22-20-17(15(2)3)10-9-11-18(20)16(4)5/h9-11,15-16,21H,6-8,12-14H2,1-5H3,(H,22,23). The molecule has 0 spiro atoms. The number of benzene rings is 1. The molecule has 1 aromatic rings. The van der Waals surface area contributed by atoms with Crippen molar-refractivity contribution in [3.63, 3.8) is 0 Å². The maximum atomic E-state index is 12.3. The van der Waals surface area contributed by atoms with Gasteiger partial charge in [0.25, 0.3) is 0 Å². The van der Waals surface area contributed by atoms with E-state index in [4.69, 9.17) is 0 Å². The fourth-order valence-corrected chi connectivity index (χ4v) is 2.72. The molecule has 2 N–H and O–H groups in total. The SMILES string of the molecule is CCCCCNCCC(=O)Nc1c(C(C)C)cccc1C(C)C. The minimum atomic E-state index is 0.1000. The molecule has 0 bridgehead atoms. The quantitative estimate of drug-likeness (QED) is 0.593. The minimum Gasteiger partial charge on any atom is -0.326 e. The van der Waals surface area contributed by atoms with Crippen LogP contribution in [-0.4, -0.2) is 19.0 Å². The van der Waals surface area contributed by atoms with Crippen molar-refractivity contribution in [1.29, 1.82) is 0 Å². The zero-order chi connectivity index (χ0) is 17.2. The Hall–Kier alpha value is -1.35. The first-order valence-corrected chi connectivity index (χ1v) is 9.10. The average Bonchev–Trinajstić information content (AvgIpc) is 2.50. The molecule has 1 aromatic carbocycles. The van der Waals surface area contributed by atoms with Gasteiger partial charge in [0.1, 0.15) is 0 Å². The third-order valence-electron chi connectivity index (χ3n) is 4.12. The van der Waals surface area contributed by atoms with Gasteiger partial charge in [0.2, 0.25) is 5.91 Å². The minimum absolute atomic E-state index is 0.1000. The summed E-state index contributed by atoms with van der Waals surface area (Å²) in [5.41, 5.74) is 3.47. The van der Waals surface area contributed by atoms with Gasteiger partial charge in [-0.25, -0.2) is 0 Å². The van der Waals surface area contributed by atoms with Crippen LogP contribution in [0.3, 0.4) is 0 Å². The van der Waals surface area contributed by atoms with Gasteiger partial charge in [0.05, 0.1) is 0 Å². The van der Waals surface area contributed by atoms with Gasteiger partial charge < -0.3 is 10.6 Å². The second kappa shape index (κ2) is 10.4. The van der Waals surface area contributed by atoms with Crippen LogP contribution in [0.1, 0.15) is 83.3 Å². The predicted octanol–water partition coefficient (Wildman–Crippen LogP) is 5.04. The van der Waals surface area contributed by atoms with Gasteiger partial charge in [-0.2, -0.15) is 0 Å². The number of anilines is 1. The first-order chi connectivity index (χ1) is 11.0. The summed E-state index contributed by atoms with van der Waals surface area (Å²) in [7, 11) is 0. The fraction of sp³-hybridized carbons (Fsp3) is 0.650. The smallest absolute Gasteiger partial charge is 0.225 e. The summed E-state index contributed by atoms with van der Waals surface area (Å²) in [5.74, 6) is 0.898. The molecule has 0 aliphatic heterocycles. The molecule has 1 amide bonds. The van der Waals surface area contributed by atoms with Crippen LogP contribution in [0.2, 0.25) is 0 Å². The molecule has 0 heterocycles. The fourth-order valence-electron chi connectivity index (χ4n) is 2.72. The van der Waals surface area contributed by atoms with Crippen molar-refractivity contribution in [2.75, 3.05) is 18.4 Å². The van der Waals surface area contributed by atoms with Gasteiger partial charge in [0, 0.05) is 18.7 Å². The lowest BCUT2D eigenvalue weighted by Gasteiger charge is -2.20. The largest absolute Gasteiger partial charge is 0.326 e. The third-order valence-corrected chi connectivity index (χ3v) is 4.12. The Morgan fingerprint density at radius 2 is 1.61 bits per heavy atom. The Balaban J connectivity index is 2.63. The molecule has 0 saturated heterocycles. The van der Waals surface area contributed by atoms with E-state index in [1.165, 1.54) is 30.4 Å². The van der Waals surface area contributed by atoms with Gasteiger partial charge in [-0.3, -0.25) is 4.79 Å². The van der Waals surface area contributed by atoms with Crippen LogP contribution in [0.25, 0.3) is 0 Å². The van der Waals surface area contributed by atoms with E-state index in [1.807, 2.05) is 0 Å². The summed E-state index contributed by atoms with van der Waals surface area (Å²) in [6.45, 7) is 12.6. The molecular formula is C20H34N2O. The molecule has 0 aliphatic rings. The van der Waals surface area contributed by atoms with Crippen LogP contribution in [0.5, 0.6) is 0 Å². The van der Waals surface area contributed by atoms with Crippen molar-refractivity contribution in [2.24, 2.45) is 0 Å². The van der Waals surface area contributed by atoms with Gasteiger partial charge in [-0.1, -0.05) is 65.7 Å². The lowest BCUT2D eigenvalue weighted by atomic mass is 9.92. The van der Waals surface area contributed by atoms with Crippen LogP contribution in [0, 0.1) is 0 Å². The molecular weight excluding hydrogens is 284 g/mol. The van der Waals surface area contributed by atoms with Gasteiger partial charge in [0.15, 0.2) is 0 Å². The van der Waals surface area contributed by atoms with E-state index in [9.17, 15) is 4.79 Å². The number of unbranched alkanes of at least 4 members (excludes halogenated alkanes) is 2. The van der Waals surface area contributed by atoms with Crippen molar-refractivity contribution >= 4 is 11.6 Å². The maximum absolute atomic E-state index is 12.3. The Morgan fingerprint density at radius 1 is 1.00 bits per heavy atom. The molecule has 23 heavy (non-hydrogen) atoms. The van der Waals surface area contributed by atoms with E-state index in [0.29, 0.717) is 18.3 Å². The Labute approximate surface area is 142 Å². The van der Waals surface area contributed by atoms with Crippen molar-refractivity contribution in [1.82, 2.24) is 5.32 Å². The number of rotatable bonds is 10. The highest BCUT2D eigenvalue weighted by molar-refractivity contribution is 5.92. The van der Waals surface area contributed by atoms with Crippen molar-refractivity contribution in [2.45, 2.75) is 72.1 Å². The zero-order valence-corrected chi connectivity index (χ0v) is 15.5. The summed E-state index contributed by atoms with van der Waals surface area (Å²) in [6.07, 6.45) is 4.19. The summed E-state index contributed by atoms with van der Waals surface area (Å²) < 4.78 is 0. The van der Waals surface area contributed by atoms with Crippen molar-refractivity contribution < 1.29 is 4.79 Å². The predicted molar refractivity (Wildman–Crippen MR) is 100 cm³/mol. The zero-order valence-electron chi connectivity index (χ0n) is 15.5. The van der Waals surface area contributed by atoms with E-state index >= 15 is 0 Å². The lowest BCUT2D eigenvalue weighted by Crippen LogP contribution is -2.23. The summed E-state index contributed by atoms with van der Waals surface area (Å²) in [5, 5.41) is 6.52. The van der Waals surface area contributed by atoms with E-state index in [1.54, 1.807) is 0 Å². The van der Waals surface area contributed by atoms with Crippen LogP contribution >= 0.6 is 0 Å². The van der Waals surface area contributed by atoms with Crippen molar-refractivity contribution in [3.8, 4) is 0 Å². The van der Waals surface area contributed by atoms with Crippen LogP contribution in [0.15, 0.2) is 18.2 Å². The number of nitrogens with one attached hydrogen (secondary N) is 2. The highest BCUT2D eigenvalue weighted by Gasteiger charge is 2.15. The first-order valence-electron chi connectivity index (χ1n) is 9.10. The number of amides is 1. The molecule has 0 radical (unpaired) electrons. The molecule has 1 rings (SSSR count). The van der Waals surface area contributed by atoms with Gasteiger partial charge in [-0.15, -0.1) is 0 Å². The molecule has 130 valence electrons. The normalized spacial score (nSPS) is 11.3. The molecule has 0 fully saturated rings. The highest BCUT2D eigenvalue weighted by atomic mass is 16.1. The van der Waals surface area contributed by atoms with Gasteiger partial charge in [-0.05, 0) is 35.9 Å². The van der Waals surface area contributed by atoms with Crippen molar-refractivity contribution in [3.05, 3.63) is 29.3 Å². The topological polar surface area (TPSA) is 41.1 Å². The van der Waals surface area contributed by atoms with Crippen LogP contribution in [-0.2, 0) is 4.79 Å². The summed E-state index contributed by atoms with van der Waals surface area (Å²) >= 11 is 0. The summed E-state index contributed by atoms with van der Waals surface area (Å²) in [6, 6.07) is 6.33. The number of hydrogen-bond donors (Lipinski definition) is 2. The van der Waals surface area contributed by atoms with E-state index in [2.05, 4.69) is 63.5 Å². The monoisotopic (exact) mass is 318 g/mol. The first kappa shape index (κ1) is 19.7. The second-order valence-corrected chi connectivity index (χ2v) is 6.88. The Morgan fingerprint density at radius 3 is 2.13 bits per heavy atom. The van der Waals surface area contributed by atoms with E-state index < -0.39 is 0 Å². The average molecular weight is 319 g/mol. The number of carbonyl (C=O) groups is 1. The molecule has 0 aromatic heterocycles. The second-order valence-electron chi connectivity index (χ2n) is 6.88. The number of carbonyl (C=O) groups excluding carboxylic acids is 1. The van der Waals surface area contributed by atoms with Gasteiger partial charge >= 0.3 is 0 Å². The molecule has 0 saturated carbocycles. The molecule has 3 nitrogen and oxygen atoms in total. The molecule has 0 atom stereocenters. The molecule has 3 heteroatoms. The maximum Gasteiger partial charge on any atom is 0.225 e. The Kier molecular flexibility index (Phi) is 8.93. The van der Waals surface area contributed by atoms with Crippen LogP contribution < -0.4 is 10.6 Å². The lowest BCUT2D eigenvalue weighted by molar-refractivity contribution is -0.116. The molecule has 0 aliphatic carbocycles.